The van der Waals surface area contributed by atoms with Gasteiger partial charge in [-0.15, -0.1) is 0 Å². The molecule has 0 N–H and O–H groups in total. The third kappa shape index (κ3) is 1.71. The molecule has 0 unspecified atom stereocenters. The van der Waals surface area contributed by atoms with Crippen molar-refractivity contribution < 1.29 is 13.3 Å². The van der Waals surface area contributed by atoms with Crippen LogP contribution in [0.1, 0.15) is 0 Å². The zero-order valence-corrected chi connectivity index (χ0v) is 13.4. The van der Waals surface area contributed by atoms with E-state index in [1.165, 1.54) is 0 Å². The van der Waals surface area contributed by atoms with Gasteiger partial charge in [0.15, 0.2) is 11.5 Å². The Bertz CT molecular complexity index is 244. The van der Waals surface area contributed by atoms with Crippen LogP contribution in [-0.4, -0.2) is 31.5 Å². The predicted molar refractivity (Wildman–Crippen MR) is 57.0 cm³/mol. The van der Waals surface area contributed by atoms with Gasteiger partial charge in [0, 0.05) is 6.07 Å². The number of hydrogen-bond acceptors (Lipinski definition) is 3. The molecule has 0 amide bonds. The first-order chi connectivity index (χ1) is 5.83. The normalized spacial score (nSPS) is 10.0. The second-order valence-corrected chi connectivity index (χ2v) is 3.34. The Kier molecular flexibility index (Phi) is 3.38. The molecule has 0 saturated heterocycles. The summed E-state index contributed by atoms with van der Waals surface area (Å²) in [5.41, 5.74) is 0. The largest absolute Gasteiger partial charge is 0.551 e. The van der Waals surface area contributed by atoms with Gasteiger partial charge >= 0.3 is 0 Å². The smallest absolute Gasteiger partial charge is 0.204 e. The molecule has 0 atom stereocenters. The maximum atomic E-state index is 5.26. The fraction of sp³-hybridized carbons (Fsp3) is 0. The minimum Gasteiger partial charge on any atom is -0.551 e. The van der Waals surface area contributed by atoms with Crippen LogP contribution in [-0.2, 0) is 0 Å². The van der Waals surface area contributed by atoms with E-state index in [1.807, 2.05) is 6.07 Å². The molecule has 0 aliphatic carbocycles. The summed E-state index contributed by atoms with van der Waals surface area (Å²) >= 11 is 0. The van der Waals surface area contributed by atoms with Gasteiger partial charge in [0.25, 0.3) is 0 Å². The van der Waals surface area contributed by atoms with Gasteiger partial charge in [0.2, 0.25) is 31.5 Å². The molecule has 65 valence electrons. The molecule has 0 heterocycles. The summed E-state index contributed by atoms with van der Waals surface area (Å²) in [6.45, 7) is 0. The average molecular weight is 215 g/mol. The van der Waals surface area contributed by atoms with E-state index in [4.69, 9.17) is 13.3 Å². The summed E-state index contributed by atoms with van der Waals surface area (Å²) < 4.78 is 15.7. The van der Waals surface area contributed by atoms with Crippen LogP contribution in [0.25, 0.3) is 0 Å². The van der Waals surface area contributed by atoms with E-state index in [9.17, 15) is 0 Å². The number of hydrogen-bond donors (Lipinski definition) is 0. The summed E-state index contributed by atoms with van der Waals surface area (Å²) in [6, 6.07) is 6.58. The molecule has 0 saturated carbocycles. The van der Waals surface area contributed by atoms with Crippen molar-refractivity contribution in [2.75, 3.05) is 0 Å². The Morgan fingerprint density at radius 2 is 1.83 bits per heavy atom. The average Bonchev–Trinajstić information content (AvgIpc) is 2.16. The quantitative estimate of drug-likeness (QED) is 0.520. The minimum absolute atomic E-state index is 0.634. The van der Waals surface area contributed by atoms with E-state index in [0.29, 0.717) is 43.0 Å². The van der Waals surface area contributed by atoms with Gasteiger partial charge in [0.05, 0.1) is 0 Å². The zero-order valence-electron chi connectivity index (χ0n) is 7.38. The summed E-state index contributed by atoms with van der Waals surface area (Å²) in [5, 5.41) is 0. The molecule has 0 spiro atoms. The Labute approximate surface area is 80.7 Å². The van der Waals surface area contributed by atoms with Crippen molar-refractivity contribution in [3.63, 3.8) is 0 Å². The van der Waals surface area contributed by atoms with E-state index >= 15 is 0 Å². The van der Waals surface area contributed by atoms with Crippen molar-refractivity contribution in [1.82, 2.24) is 0 Å². The highest BCUT2D eigenvalue weighted by Gasteiger charge is 2.07. The van der Waals surface area contributed by atoms with Crippen molar-refractivity contribution in [3.05, 3.63) is 18.2 Å². The maximum Gasteiger partial charge on any atom is 0.204 e. The highest BCUT2D eigenvalue weighted by atomic mass is 28.2. The lowest BCUT2D eigenvalue weighted by Crippen LogP contribution is -1.96. The van der Waals surface area contributed by atoms with Crippen LogP contribution >= 0.6 is 0 Å². The molecule has 12 heavy (non-hydrogen) atoms. The summed E-state index contributed by atoms with van der Waals surface area (Å²) in [4.78, 5) is 0. The third-order valence-corrected chi connectivity index (χ3v) is 2.76. The molecule has 0 aromatic heterocycles. The molecule has 0 aliphatic rings. The number of rotatable bonds is 3. The van der Waals surface area contributed by atoms with Crippen LogP contribution in [0.15, 0.2) is 12.1 Å². The lowest BCUT2D eigenvalue weighted by molar-refractivity contribution is 0.503. The zero-order chi connectivity index (χ0) is 8.97. The summed E-state index contributed by atoms with van der Waals surface area (Å²) in [7, 11) is 1.93. The first-order valence-electron chi connectivity index (χ1n) is 3.50. The SMILES string of the molecule is [SiH3]Oc1[c]ccc(O[SiH3])c1O[SiH3]. The predicted octanol–water partition coefficient (Wildman–Crippen LogP) is -2.54. The van der Waals surface area contributed by atoms with Gasteiger partial charge < -0.3 is 13.3 Å². The van der Waals surface area contributed by atoms with Crippen molar-refractivity contribution in [2.45, 2.75) is 0 Å². The molecular formula is C6H11O3Si3. The van der Waals surface area contributed by atoms with Crippen molar-refractivity contribution in [1.29, 1.82) is 0 Å². The number of benzene rings is 1. The van der Waals surface area contributed by atoms with Gasteiger partial charge in [-0.05, 0) is 12.1 Å². The Morgan fingerprint density at radius 3 is 2.33 bits per heavy atom. The monoisotopic (exact) mass is 215 g/mol. The van der Waals surface area contributed by atoms with Gasteiger partial charge in [0.1, 0.15) is 5.75 Å². The van der Waals surface area contributed by atoms with E-state index in [2.05, 4.69) is 6.07 Å². The standard InChI is InChI=1S/C6H11O3Si3/c10-7-4-2-1-3-5(8-11)6(4)9-12/h1-2H,10-12H3. The van der Waals surface area contributed by atoms with E-state index in [-0.39, 0.29) is 0 Å². The van der Waals surface area contributed by atoms with Crippen LogP contribution in [0.4, 0.5) is 0 Å². The van der Waals surface area contributed by atoms with E-state index in [1.54, 1.807) is 6.07 Å². The molecular weight excluding hydrogens is 204 g/mol. The lowest BCUT2D eigenvalue weighted by atomic mass is 10.3. The maximum absolute atomic E-state index is 5.26. The Morgan fingerprint density at radius 1 is 1.08 bits per heavy atom. The van der Waals surface area contributed by atoms with E-state index < -0.39 is 0 Å². The molecule has 3 nitrogen and oxygen atoms in total. The van der Waals surface area contributed by atoms with Crippen LogP contribution in [0.5, 0.6) is 17.2 Å². The van der Waals surface area contributed by atoms with Gasteiger partial charge in [-0.25, -0.2) is 0 Å². The summed E-state index contributed by atoms with van der Waals surface area (Å²) in [6.07, 6.45) is 0. The second-order valence-electron chi connectivity index (χ2n) is 2.11. The summed E-state index contributed by atoms with van der Waals surface area (Å²) in [5.74, 6) is 2.14. The van der Waals surface area contributed by atoms with Gasteiger partial charge in [-0.2, -0.15) is 0 Å². The molecule has 0 fully saturated rings. The first kappa shape index (κ1) is 9.36. The second kappa shape index (κ2) is 4.33. The molecule has 0 aliphatic heterocycles. The molecule has 1 radical (unpaired) electrons. The highest BCUT2D eigenvalue weighted by Crippen LogP contribution is 2.35. The minimum atomic E-state index is 0.634. The third-order valence-electron chi connectivity index (χ3n) is 1.51. The molecule has 1 rings (SSSR count). The molecule has 0 bridgehead atoms. The lowest BCUT2D eigenvalue weighted by Gasteiger charge is -2.12. The van der Waals surface area contributed by atoms with Gasteiger partial charge in [-0.3, -0.25) is 0 Å². The molecule has 1 aromatic carbocycles. The van der Waals surface area contributed by atoms with Gasteiger partial charge in [-0.1, -0.05) is 0 Å². The topological polar surface area (TPSA) is 27.7 Å². The van der Waals surface area contributed by atoms with Crippen molar-refractivity contribution in [2.24, 2.45) is 0 Å². The van der Waals surface area contributed by atoms with Crippen LogP contribution in [0, 0.1) is 6.07 Å². The van der Waals surface area contributed by atoms with Crippen LogP contribution in [0.3, 0.4) is 0 Å². The Balaban J connectivity index is 3.13. The highest BCUT2D eigenvalue weighted by molar-refractivity contribution is 6.03. The van der Waals surface area contributed by atoms with E-state index in [0.717, 1.165) is 5.75 Å². The van der Waals surface area contributed by atoms with Crippen LogP contribution < -0.4 is 13.3 Å². The fourth-order valence-corrected chi connectivity index (χ4v) is 1.96. The van der Waals surface area contributed by atoms with Crippen LogP contribution in [0.2, 0.25) is 0 Å². The molecule has 1 aromatic rings. The molecule has 6 heteroatoms. The van der Waals surface area contributed by atoms with Crippen molar-refractivity contribution >= 4 is 31.5 Å². The fourth-order valence-electron chi connectivity index (χ4n) is 0.952. The first-order valence-corrected chi connectivity index (χ1v) is 5.95. The Hall–Kier alpha value is -0.729. The van der Waals surface area contributed by atoms with Crippen molar-refractivity contribution in [3.8, 4) is 17.2 Å².